The normalized spacial score (nSPS) is 26.5. The molecule has 5 heteroatoms. The van der Waals surface area contributed by atoms with E-state index in [0.717, 1.165) is 18.8 Å². The summed E-state index contributed by atoms with van der Waals surface area (Å²) in [5, 5.41) is 7.71. The van der Waals surface area contributed by atoms with Crippen LogP contribution in [0.1, 0.15) is 32.1 Å². The number of rotatable bonds is 2. The first-order valence-electron chi connectivity index (χ1n) is 6.25. The molecule has 1 saturated heterocycles. The van der Waals surface area contributed by atoms with Crippen LogP contribution in [-0.2, 0) is 0 Å². The topological polar surface area (TPSA) is 49.8 Å². The summed E-state index contributed by atoms with van der Waals surface area (Å²) in [7, 11) is 0. The molecular weight excluding hydrogens is 236 g/mol. The van der Waals surface area contributed by atoms with E-state index in [2.05, 4.69) is 20.6 Å². The second-order valence-corrected chi connectivity index (χ2v) is 5.52. The largest absolute Gasteiger partial charge is 0.366 e. The molecule has 2 aliphatic rings. The Labute approximate surface area is 106 Å². The zero-order chi connectivity index (χ0) is 11.7. The van der Waals surface area contributed by atoms with Crippen molar-refractivity contribution in [1.29, 1.82) is 0 Å². The Balaban J connectivity index is 1.67. The molecule has 0 amide bonds. The minimum atomic E-state index is 0.398. The number of hydrogen-bond acceptors (Lipinski definition) is 4. The Morgan fingerprint density at radius 2 is 2.35 bits per heavy atom. The lowest BCUT2D eigenvalue weighted by molar-refractivity contribution is 0.135. The van der Waals surface area contributed by atoms with Crippen LogP contribution >= 0.6 is 11.6 Å². The highest BCUT2D eigenvalue weighted by atomic mass is 35.5. The monoisotopic (exact) mass is 252 g/mol. The van der Waals surface area contributed by atoms with Crippen LogP contribution < -0.4 is 10.6 Å². The summed E-state index contributed by atoms with van der Waals surface area (Å²) in [6.45, 7) is 1.08. The minimum Gasteiger partial charge on any atom is -0.366 e. The van der Waals surface area contributed by atoms with Crippen molar-refractivity contribution in [3.05, 3.63) is 17.5 Å². The van der Waals surface area contributed by atoms with Gasteiger partial charge in [-0.1, -0.05) is 11.6 Å². The van der Waals surface area contributed by atoms with E-state index in [9.17, 15) is 0 Å². The molecule has 1 saturated carbocycles. The number of aromatic nitrogens is 2. The Morgan fingerprint density at radius 3 is 3.06 bits per heavy atom. The molecule has 1 atom stereocenters. The zero-order valence-corrected chi connectivity index (χ0v) is 10.5. The van der Waals surface area contributed by atoms with Crippen molar-refractivity contribution in [2.45, 2.75) is 43.7 Å². The number of nitrogens with one attached hydrogen (secondary N) is 2. The van der Waals surface area contributed by atoms with Gasteiger partial charge >= 0.3 is 0 Å². The Kier molecular flexibility index (Phi) is 2.92. The van der Waals surface area contributed by atoms with Gasteiger partial charge in [0.1, 0.15) is 17.2 Å². The maximum Gasteiger partial charge on any atom is 0.148 e. The van der Waals surface area contributed by atoms with Gasteiger partial charge in [-0.05, 0) is 38.6 Å². The molecule has 3 rings (SSSR count). The molecule has 17 heavy (non-hydrogen) atoms. The number of piperidine rings is 1. The summed E-state index contributed by atoms with van der Waals surface area (Å²) in [5.74, 6) is 0.767. The van der Waals surface area contributed by atoms with Crippen LogP contribution in [0, 0.1) is 0 Å². The smallest absolute Gasteiger partial charge is 0.148 e. The van der Waals surface area contributed by atoms with Crippen LogP contribution in [0.25, 0.3) is 0 Å². The van der Waals surface area contributed by atoms with E-state index in [-0.39, 0.29) is 0 Å². The second kappa shape index (κ2) is 4.42. The molecule has 1 aromatic heterocycles. The van der Waals surface area contributed by atoms with E-state index >= 15 is 0 Å². The minimum absolute atomic E-state index is 0.398. The van der Waals surface area contributed by atoms with Crippen molar-refractivity contribution < 1.29 is 0 Å². The molecule has 4 nitrogen and oxygen atoms in total. The maximum absolute atomic E-state index is 6.06. The van der Waals surface area contributed by atoms with Crippen molar-refractivity contribution in [2.75, 3.05) is 11.9 Å². The van der Waals surface area contributed by atoms with E-state index in [4.69, 9.17) is 11.6 Å². The number of nitrogens with zero attached hydrogens (tertiary/aromatic N) is 2. The molecule has 92 valence electrons. The van der Waals surface area contributed by atoms with Crippen molar-refractivity contribution >= 4 is 17.4 Å². The quantitative estimate of drug-likeness (QED) is 0.848. The molecule has 2 fully saturated rings. The molecule has 0 bridgehead atoms. The summed E-state index contributed by atoms with van der Waals surface area (Å²) >= 11 is 6.06. The number of halogens is 1. The van der Waals surface area contributed by atoms with Gasteiger partial charge in [0.25, 0.3) is 0 Å². The molecule has 1 aliphatic heterocycles. The number of anilines is 1. The van der Waals surface area contributed by atoms with Gasteiger partial charge < -0.3 is 10.6 Å². The fourth-order valence-electron chi connectivity index (χ4n) is 2.88. The predicted octanol–water partition coefficient (Wildman–Crippen LogP) is 2.22. The first kappa shape index (κ1) is 11.2. The highest BCUT2D eigenvalue weighted by molar-refractivity contribution is 6.32. The van der Waals surface area contributed by atoms with Crippen molar-refractivity contribution in [3.63, 3.8) is 0 Å². The molecule has 0 radical (unpaired) electrons. The molecule has 1 unspecified atom stereocenters. The average Bonchev–Trinajstić information content (AvgIpc) is 2.31. The van der Waals surface area contributed by atoms with Gasteiger partial charge in [-0.3, -0.25) is 0 Å². The third-order valence-corrected chi connectivity index (χ3v) is 4.23. The molecular formula is C12H17ClN4. The van der Waals surface area contributed by atoms with Crippen LogP contribution in [0.2, 0.25) is 5.02 Å². The van der Waals surface area contributed by atoms with E-state index in [1.165, 1.54) is 32.0 Å². The summed E-state index contributed by atoms with van der Waals surface area (Å²) in [6.07, 6.45) is 9.44. The SMILES string of the molecule is Clc1cncnc1NC1CCNC2(CCC2)C1. The summed E-state index contributed by atoms with van der Waals surface area (Å²) < 4.78 is 0. The summed E-state index contributed by atoms with van der Waals surface area (Å²) in [6, 6.07) is 0.476. The standard InChI is InChI=1S/C12H17ClN4/c13-10-7-14-8-15-11(10)17-9-2-5-16-12(6-9)3-1-4-12/h7-9,16H,1-6H2,(H,14,15,17). The van der Waals surface area contributed by atoms with Gasteiger partial charge in [0, 0.05) is 11.6 Å². The average molecular weight is 253 g/mol. The van der Waals surface area contributed by atoms with Crippen molar-refractivity contribution in [1.82, 2.24) is 15.3 Å². The Morgan fingerprint density at radius 1 is 1.47 bits per heavy atom. The molecule has 2 N–H and O–H groups in total. The lowest BCUT2D eigenvalue weighted by Gasteiger charge is -2.48. The maximum atomic E-state index is 6.06. The molecule has 1 spiro atoms. The lowest BCUT2D eigenvalue weighted by Crippen LogP contribution is -2.58. The van der Waals surface area contributed by atoms with Crippen LogP contribution in [0.3, 0.4) is 0 Å². The fraction of sp³-hybridized carbons (Fsp3) is 0.667. The highest BCUT2D eigenvalue weighted by Gasteiger charge is 2.40. The fourth-order valence-corrected chi connectivity index (χ4v) is 3.04. The van der Waals surface area contributed by atoms with Crippen molar-refractivity contribution in [3.8, 4) is 0 Å². The Bertz CT molecular complexity index is 405. The van der Waals surface area contributed by atoms with Gasteiger partial charge in [0.15, 0.2) is 0 Å². The number of hydrogen-bond donors (Lipinski definition) is 2. The second-order valence-electron chi connectivity index (χ2n) is 5.11. The zero-order valence-electron chi connectivity index (χ0n) is 9.75. The van der Waals surface area contributed by atoms with E-state index in [1.54, 1.807) is 6.20 Å². The molecule has 1 aromatic rings. The van der Waals surface area contributed by atoms with Gasteiger partial charge in [-0.25, -0.2) is 9.97 Å². The van der Waals surface area contributed by atoms with E-state index < -0.39 is 0 Å². The predicted molar refractivity (Wildman–Crippen MR) is 68.3 cm³/mol. The molecule has 2 heterocycles. The third-order valence-electron chi connectivity index (χ3n) is 3.95. The lowest BCUT2D eigenvalue weighted by atomic mass is 9.70. The van der Waals surface area contributed by atoms with E-state index in [1.807, 2.05) is 0 Å². The first-order chi connectivity index (χ1) is 8.27. The molecule has 1 aliphatic carbocycles. The van der Waals surface area contributed by atoms with E-state index in [0.29, 0.717) is 16.6 Å². The van der Waals surface area contributed by atoms with Crippen LogP contribution in [0.4, 0.5) is 5.82 Å². The van der Waals surface area contributed by atoms with Crippen LogP contribution in [0.15, 0.2) is 12.5 Å². The van der Waals surface area contributed by atoms with Crippen LogP contribution in [0.5, 0.6) is 0 Å². The first-order valence-corrected chi connectivity index (χ1v) is 6.62. The van der Waals surface area contributed by atoms with Gasteiger partial charge in [0.05, 0.1) is 6.20 Å². The summed E-state index contributed by atoms with van der Waals surface area (Å²) in [5.41, 5.74) is 0.398. The third kappa shape index (κ3) is 2.24. The highest BCUT2D eigenvalue weighted by Crippen LogP contribution is 2.39. The summed E-state index contributed by atoms with van der Waals surface area (Å²) in [4.78, 5) is 8.09. The Hall–Kier alpha value is -0.870. The van der Waals surface area contributed by atoms with Crippen molar-refractivity contribution in [2.24, 2.45) is 0 Å². The van der Waals surface area contributed by atoms with Crippen LogP contribution in [-0.4, -0.2) is 28.1 Å². The molecule has 0 aromatic carbocycles. The van der Waals surface area contributed by atoms with Gasteiger partial charge in [-0.2, -0.15) is 0 Å². The van der Waals surface area contributed by atoms with Gasteiger partial charge in [0.2, 0.25) is 0 Å². The van der Waals surface area contributed by atoms with Gasteiger partial charge in [-0.15, -0.1) is 0 Å².